The Hall–Kier alpha value is -3.64. The fourth-order valence-electron chi connectivity index (χ4n) is 2.58. The Morgan fingerprint density at radius 2 is 1.76 bits per heavy atom. The van der Waals surface area contributed by atoms with Crippen molar-refractivity contribution in [3.63, 3.8) is 0 Å². The van der Waals surface area contributed by atoms with Gasteiger partial charge in [0.05, 0.1) is 12.8 Å². The van der Waals surface area contributed by atoms with Gasteiger partial charge in [-0.2, -0.15) is 0 Å². The van der Waals surface area contributed by atoms with Crippen LogP contribution in [-0.4, -0.2) is 29.7 Å². The molecular formula is C23H22N2O4. The first kappa shape index (κ1) is 20.1. The van der Waals surface area contributed by atoms with Crippen molar-refractivity contribution in [1.82, 2.24) is 4.98 Å². The van der Waals surface area contributed by atoms with Crippen LogP contribution in [0.4, 0.5) is 5.69 Å². The van der Waals surface area contributed by atoms with Crippen LogP contribution in [0.2, 0.25) is 0 Å². The minimum Gasteiger partial charge on any atom is -0.506 e. The number of ether oxygens (including phenoxy) is 2. The van der Waals surface area contributed by atoms with Crippen molar-refractivity contribution < 1.29 is 19.4 Å². The third kappa shape index (κ3) is 6.48. The highest BCUT2D eigenvalue weighted by Gasteiger charge is 2.02. The molecule has 0 spiro atoms. The van der Waals surface area contributed by atoms with E-state index in [1.165, 1.54) is 23.9 Å². The first-order valence-corrected chi connectivity index (χ1v) is 9.11. The molecule has 0 saturated carbocycles. The molecule has 1 heterocycles. The molecule has 1 amide bonds. The van der Waals surface area contributed by atoms with Crippen LogP contribution in [0.25, 0.3) is 6.08 Å². The zero-order valence-electron chi connectivity index (χ0n) is 16.0. The third-order valence-corrected chi connectivity index (χ3v) is 4.05. The summed E-state index contributed by atoms with van der Waals surface area (Å²) in [7, 11) is 1.69. The predicted molar refractivity (Wildman–Crippen MR) is 112 cm³/mol. The van der Waals surface area contributed by atoms with Crippen LogP contribution in [0, 0.1) is 0 Å². The van der Waals surface area contributed by atoms with Gasteiger partial charge >= 0.3 is 0 Å². The second kappa shape index (κ2) is 10.1. The number of aromatic hydroxyl groups is 1. The van der Waals surface area contributed by atoms with E-state index in [4.69, 9.17) is 9.47 Å². The van der Waals surface area contributed by atoms with E-state index in [9.17, 15) is 9.90 Å². The van der Waals surface area contributed by atoms with Gasteiger partial charge in [0, 0.05) is 25.1 Å². The van der Waals surface area contributed by atoms with E-state index < -0.39 is 0 Å². The Labute approximate surface area is 169 Å². The summed E-state index contributed by atoms with van der Waals surface area (Å²) in [5.74, 6) is 1.18. The molecule has 2 aromatic carbocycles. The van der Waals surface area contributed by atoms with Crippen LogP contribution in [-0.2, 0) is 16.0 Å². The number of methoxy groups -OCH3 is 1. The van der Waals surface area contributed by atoms with Crippen LogP contribution in [0.5, 0.6) is 17.2 Å². The standard InChI is InChI=1S/C23H22N2O4/c1-28-13-12-17-2-7-21(8-3-17)29-22-9-5-19(6-10-22)25-23(27)11-4-18-14-20(26)16-24-15-18/h2-11,14-16,26H,12-13H2,1H3,(H,25,27)/b11-4+. The molecule has 6 nitrogen and oxygen atoms in total. The van der Waals surface area contributed by atoms with Gasteiger partial charge in [-0.3, -0.25) is 9.78 Å². The van der Waals surface area contributed by atoms with Gasteiger partial charge in [0.2, 0.25) is 5.91 Å². The lowest BCUT2D eigenvalue weighted by atomic mass is 10.1. The second-order valence-corrected chi connectivity index (χ2v) is 6.31. The zero-order chi connectivity index (χ0) is 20.5. The molecule has 0 aliphatic rings. The van der Waals surface area contributed by atoms with Crippen LogP contribution in [0.3, 0.4) is 0 Å². The molecule has 0 radical (unpaired) electrons. The Morgan fingerprint density at radius 3 is 2.41 bits per heavy atom. The van der Waals surface area contributed by atoms with E-state index in [0.29, 0.717) is 23.6 Å². The largest absolute Gasteiger partial charge is 0.506 e. The molecule has 0 bridgehead atoms. The molecule has 0 aliphatic carbocycles. The molecule has 1 aromatic heterocycles. The molecule has 29 heavy (non-hydrogen) atoms. The summed E-state index contributed by atoms with van der Waals surface area (Å²) in [6.07, 6.45) is 6.71. The molecule has 0 aliphatic heterocycles. The number of aromatic nitrogens is 1. The van der Waals surface area contributed by atoms with Crippen LogP contribution in [0.15, 0.2) is 73.1 Å². The lowest BCUT2D eigenvalue weighted by Gasteiger charge is -2.08. The second-order valence-electron chi connectivity index (χ2n) is 6.31. The Balaban J connectivity index is 1.53. The smallest absolute Gasteiger partial charge is 0.248 e. The quantitative estimate of drug-likeness (QED) is 0.557. The summed E-state index contributed by atoms with van der Waals surface area (Å²) >= 11 is 0. The minimum atomic E-state index is -0.284. The van der Waals surface area contributed by atoms with Crippen molar-refractivity contribution in [2.45, 2.75) is 6.42 Å². The van der Waals surface area contributed by atoms with Gasteiger partial charge in [-0.1, -0.05) is 12.1 Å². The fraction of sp³-hybridized carbons (Fsp3) is 0.130. The monoisotopic (exact) mass is 390 g/mol. The molecular weight excluding hydrogens is 368 g/mol. The topological polar surface area (TPSA) is 80.7 Å². The van der Waals surface area contributed by atoms with Gasteiger partial charge in [-0.25, -0.2) is 0 Å². The van der Waals surface area contributed by atoms with E-state index >= 15 is 0 Å². The van der Waals surface area contributed by atoms with Gasteiger partial charge in [0.25, 0.3) is 0 Å². The number of hydrogen-bond donors (Lipinski definition) is 2. The van der Waals surface area contributed by atoms with Crippen molar-refractivity contribution >= 4 is 17.7 Å². The van der Waals surface area contributed by atoms with Gasteiger partial charge in [0.1, 0.15) is 17.2 Å². The predicted octanol–water partition coefficient (Wildman–Crippen LogP) is 4.42. The van der Waals surface area contributed by atoms with E-state index in [0.717, 1.165) is 12.2 Å². The van der Waals surface area contributed by atoms with Crippen molar-refractivity contribution in [3.05, 3.63) is 84.2 Å². The van der Waals surface area contributed by atoms with Gasteiger partial charge < -0.3 is 19.9 Å². The van der Waals surface area contributed by atoms with Crippen molar-refractivity contribution in [2.24, 2.45) is 0 Å². The lowest BCUT2D eigenvalue weighted by molar-refractivity contribution is -0.111. The number of benzene rings is 2. The number of carbonyl (C=O) groups excluding carboxylic acids is 1. The van der Waals surface area contributed by atoms with Crippen LogP contribution in [0.1, 0.15) is 11.1 Å². The lowest BCUT2D eigenvalue weighted by Crippen LogP contribution is -2.07. The summed E-state index contributed by atoms with van der Waals surface area (Å²) in [6, 6.07) is 16.5. The zero-order valence-corrected chi connectivity index (χ0v) is 16.0. The van der Waals surface area contributed by atoms with Gasteiger partial charge in [-0.05, 0) is 66.1 Å². The van der Waals surface area contributed by atoms with E-state index in [-0.39, 0.29) is 11.7 Å². The molecule has 0 unspecified atom stereocenters. The number of amides is 1. The number of carbonyl (C=O) groups is 1. The number of nitrogens with zero attached hydrogens (tertiary/aromatic N) is 1. The highest BCUT2D eigenvalue weighted by atomic mass is 16.5. The minimum absolute atomic E-state index is 0.0489. The number of anilines is 1. The molecule has 2 N–H and O–H groups in total. The number of pyridine rings is 1. The fourth-order valence-corrected chi connectivity index (χ4v) is 2.58. The first-order chi connectivity index (χ1) is 14.1. The summed E-state index contributed by atoms with van der Waals surface area (Å²) in [4.78, 5) is 15.9. The van der Waals surface area contributed by atoms with Crippen molar-refractivity contribution in [1.29, 1.82) is 0 Å². The summed E-state index contributed by atoms with van der Waals surface area (Å²) in [5.41, 5.74) is 2.47. The Morgan fingerprint density at radius 1 is 1.07 bits per heavy atom. The summed E-state index contributed by atoms with van der Waals surface area (Å²) in [6.45, 7) is 0.688. The Kier molecular flexibility index (Phi) is 6.97. The number of rotatable bonds is 8. The molecule has 148 valence electrons. The molecule has 0 saturated heterocycles. The highest BCUT2D eigenvalue weighted by Crippen LogP contribution is 2.23. The first-order valence-electron chi connectivity index (χ1n) is 9.11. The molecule has 0 fully saturated rings. The van der Waals surface area contributed by atoms with Crippen molar-refractivity contribution in [2.75, 3.05) is 19.0 Å². The average Bonchev–Trinajstić information content (AvgIpc) is 2.73. The van der Waals surface area contributed by atoms with Crippen molar-refractivity contribution in [3.8, 4) is 17.2 Å². The molecule has 0 atom stereocenters. The number of nitrogens with one attached hydrogen (secondary N) is 1. The van der Waals surface area contributed by atoms with Crippen LogP contribution < -0.4 is 10.1 Å². The molecule has 3 rings (SSSR count). The maximum atomic E-state index is 12.0. The maximum Gasteiger partial charge on any atom is 0.248 e. The van der Waals surface area contributed by atoms with Crippen LogP contribution >= 0.6 is 0 Å². The van der Waals surface area contributed by atoms with E-state index in [2.05, 4.69) is 10.3 Å². The SMILES string of the molecule is COCCc1ccc(Oc2ccc(NC(=O)/C=C/c3cncc(O)c3)cc2)cc1. The molecule has 3 aromatic rings. The van der Waals surface area contributed by atoms with E-state index in [1.807, 2.05) is 24.3 Å². The molecule has 6 heteroatoms. The average molecular weight is 390 g/mol. The Bertz CT molecular complexity index is 967. The third-order valence-electron chi connectivity index (χ3n) is 4.05. The summed E-state index contributed by atoms with van der Waals surface area (Å²) < 4.78 is 10.9. The maximum absolute atomic E-state index is 12.0. The van der Waals surface area contributed by atoms with E-state index in [1.54, 1.807) is 43.6 Å². The van der Waals surface area contributed by atoms with Gasteiger partial charge in [-0.15, -0.1) is 0 Å². The normalized spacial score (nSPS) is 10.8. The van der Waals surface area contributed by atoms with Gasteiger partial charge in [0.15, 0.2) is 0 Å². The number of hydrogen-bond acceptors (Lipinski definition) is 5. The highest BCUT2D eigenvalue weighted by molar-refractivity contribution is 6.01. The summed E-state index contributed by atoms with van der Waals surface area (Å²) in [5, 5.41) is 12.1.